The Morgan fingerprint density at radius 1 is 1.20 bits per heavy atom. The summed E-state index contributed by atoms with van der Waals surface area (Å²) < 4.78 is 38.6. The predicted molar refractivity (Wildman–Crippen MR) is 93.1 cm³/mol. The molecular formula is C17H13F3N4S. The van der Waals surface area contributed by atoms with E-state index in [1.165, 1.54) is 23.9 Å². The van der Waals surface area contributed by atoms with Crippen LogP contribution in [-0.2, 0) is 11.9 Å². The van der Waals surface area contributed by atoms with Gasteiger partial charge in [-0.3, -0.25) is 0 Å². The van der Waals surface area contributed by atoms with Gasteiger partial charge in [-0.05, 0) is 23.3 Å². The quantitative estimate of drug-likeness (QED) is 0.504. The van der Waals surface area contributed by atoms with Crippen LogP contribution in [0.4, 0.5) is 13.2 Å². The number of alkyl halides is 3. The van der Waals surface area contributed by atoms with Crippen LogP contribution < -0.4 is 5.73 Å². The van der Waals surface area contributed by atoms with Gasteiger partial charge in [-0.25, -0.2) is 0 Å². The maximum Gasteiger partial charge on any atom is 0.417 e. The van der Waals surface area contributed by atoms with E-state index in [4.69, 9.17) is 11.0 Å². The molecule has 0 fully saturated rings. The van der Waals surface area contributed by atoms with Crippen molar-refractivity contribution in [3.8, 4) is 6.07 Å². The predicted octanol–water partition coefficient (Wildman–Crippen LogP) is 4.16. The lowest BCUT2D eigenvalue weighted by Gasteiger charge is -2.08. The van der Waals surface area contributed by atoms with Crippen molar-refractivity contribution in [1.29, 1.82) is 5.26 Å². The number of hydrogen-bond donors (Lipinski definition) is 1. The number of amidine groups is 1. The van der Waals surface area contributed by atoms with Crippen LogP contribution in [0.3, 0.4) is 0 Å². The third-order valence-electron chi connectivity index (χ3n) is 3.06. The number of halogens is 3. The molecule has 0 heterocycles. The molecule has 2 aromatic carbocycles. The molecule has 0 unspecified atom stereocenters. The molecule has 128 valence electrons. The van der Waals surface area contributed by atoms with Gasteiger partial charge in [0.2, 0.25) is 0 Å². The lowest BCUT2D eigenvalue weighted by Crippen LogP contribution is -2.08. The molecule has 0 radical (unpaired) electrons. The lowest BCUT2D eigenvalue weighted by atomic mass is 10.0. The third-order valence-corrected chi connectivity index (χ3v) is 3.92. The average molecular weight is 362 g/mol. The zero-order valence-electron chi connectivity index (χ0n) is 12.9. The Bertz CT molecular complexity index is 824. The van der Waals surface area contributed by atoms with Crippen LogP contribution in [0.1, 0.15) is 22.3 Å². The molecule has 0 amide bonds. The second-order valence-electron chi connectivity index (χ2n) is 4.87. The van der Waals surface area contributed by atoms with Gasteiger partial charge in [-0.2, -0.15) is 23.5 Å². The maximum absolute atomic E-state index is 12.9. The highest BCUT2D eigenvalue weighted by Crippen LogP contribution is 2.32. The fraction of sp³-hybridized carbons (Fsp3) is 0.118. The molecule has 2 N–H and O–H groups in total. The largest absolute Gasteiger partial charge is 0.417 e. The fourth-order valence-corrected chi connectivity index (χ4v) is 2.50. The van der Waals surface area contributed by atoms with Gasteiger partial charge in [-0.1, -0.05) is 48.2 Å². The summed E-state index contributed by atoms with van der Waals surface area (Å²) in [4.78, 5) is 0. The average Bonchev–Trinajstić information content (AvgIpc) is 2.60. The van der Waals surface area contributed by atoms with Gasteiger partial charge in [0.25, 0.3) is 0 Å². The van der Waals surface area contributed by atoms with E-state index in [1.54, 1.807) is 0 Å². The zero-order valence-corrected chi connectivity index (χ0v) is 13.7. The first-order valence-corrected chi connectivity index (χ1v) is 8.03. The van der Waals surface area contributed by atoms with Gasteiger partial charge in [-0.15, -0.1) is 5.10 Å². The molecule has 0 saturated carbocycles. The van der Waals surface area contributed by atoms with Gasteiger partial charge >= 0.3 is 6.18 Å². The number of hydrogen-bond acceptors (Lipinski definition) is 4. The highest BCUT2D eigenvalue weighted by molar-refractivity contribution is 8.13. The minimum atomic E-state index is -4.61. The summed E-state index contributed by atoms with van der Waals surface area (Å²) in [6, 6.07) is 14.4. The van der Waals surface area contributed by atoms with E-state index >= 15 is 0 Å². The van der Waals surface area contributed by atoms with Crippen molar-refractivity contribution in [2.24, 2.45) is 15.9 Å². The summed E-state index contributed by atoms with van der Waals surface area (Å²) >= 11 is 1.27. The van der Waals surface area contributed by atoms with E-state index < -0.39 is 17.3 Å². The molecule has 0 aliphatic heterocycles. The van der Waals surface area contributed by atoms with E-state index in [0.717, 1.165) is 23.9 Å². The number of thioether (sulfide) groups is 1. The molecule has 0 aromatic heterocycles. The second-order valence-corrected chi connectivity index (χ2v) is 5.87. The van der Waals surface area contributed by atoms with E-state index in [9.17, 15) is 13.2 Å². The highest BCUT2D eigenvalue weighted by atomic mass is 32.2. The van der Waals surface area contributed by atoms with Crippen LogP contribution in [0.5, 0.6) is 0 Å². The Morgan fingerprint density at radius 3 is 2.56 bits per heavy atom. The van der Waals surface area contributed by atoms with Crippen molar-refractivity contribution >= 4 is 23.1 Å². The van der Waals surface area contributed by atoms with Gasteiger partial charge in [0, 0.05) is 5.75 Å². The first-order chi connectivity index (χ1) is 11.9. The lowest BCUT2D eigenvalue weighted by molar-refractivity contribution is -0.137. The van der Waals surface area contributed by atoms with Crippen LogP contribution in [0, 0.1) is 11.3 Å². The Hall–Kier alpha value is -2.79. The maximum atomic E-state index is 12.9. The SMILES string of the molecule is N#Cc1ccc(C=NN=C(N)SCc2ccccc2)cc1C(F)(F)F. The standard InChI is InChI=1S/C17H13F3N4S/c18-17(19,20)15-8-13(6-7-14(15)9-21)10-23-24-16(22)25-11-12-4-2-1-3-5-12/h1-8,10H,11H2,(H2,22,24). The normalized spacial score (nSPS) is 12.3. The van der Waals surface area contributed by atoms with E-state index in [1.807, 2.05) is 30.3 Å². The Kier molecular flexibility index (Phi) is 6.19. The molecule has 0 bridgehead atoms. The van der Waals surface area contributed by atoms with Gasteiger partial charge in [0.05, 0.1) is 23.4 Å². The van der Waals surface area contributed by atoms with E-state index in [-0.39, 0.29) is 10.7 Å². The van der Waals surface area contributed by atoms with Crippen molar-refractivity contribution in [3.63, 3.8) is 0 Å². The topological polar surface area (TPSA) is 74.5 Å². The molecule has 25 heavy (non-hydrogen) atoms. The molecule has 0 aliphatic carbocycles. The summed E-state index contributed by atoms with van der Waals surface area (Å²) in [5.41, 5.74) is 5.51. The van der Waals surface area contributed by atoms with Crippen LogP contribution >= 0.6 is 11.8 Å². The van der Waals surface area contributed by atoms with Crippen molar-refractivity contribution < 1.29 is 13.2 Å². The van der Waals surface area contributed by atoms with E-state index in [2.05, 4.69) is 10.2 Å². The van der Waals surface area contributed by atoms with Crippen LogP contribution in [-0.4, -0.2) is 11.4 Å². The molecule has 0 aliphatic rings. The zero-order chi connectivity index (χ0) is 18.3. The summed E-state index contributed by atoms with van der Waals surface area (Å²) in [6.45, 7) is 0. The number of benzene rings is 2. The van der Waals surface area contributed by atoms with Crippen LogP contribution in [0.2, 0.25) is 0 Å². The molecule has 4 nitrogen and oxygen atoms in total. The number of nitrogens with zero attached hydrogens (tertiary/aromatic N) is 3. The number of rotatable bonds is 4. The molecule has 0 atom stereocenters. The number of nitriles is 1. The minimum absolute atomic E-state index is 0.177. The minimum Gasteiger partial charge on any atom is -0.377 e. The summed E-state index contributed by atoms with van der Waals surface area (Å²) in [5.74, 6) is 0.612. The highest BCUT2D eigenvalue weighted by Gasteiger charge is 2.33. The Balaban J connectivity index is 2.05. The van der Waals surface area contributed by atoms with Crippen LogP contribution in [0.15, 0.2) is 58.7 Å². The third kappa shape index (κ3) is 5.65. The smallest absolute Gasteiger partial charge is 0.377 e. The molecule has 0 spiro atoms. The molecule has 8 heteroatoms. The van der Waals surface area contributed by atoms with E-state index in [0.29, 0.717) is 5.75 Å². The molecule has 0 saturated heterocycles. The van der Waals surface area contributed by atoms with Gasteiger partial charge < -0.3 is 5.73 Å². The van der Waals surface area contributed by atoms with Crippen molar-refractivity contribution in [3.05, 3.63) is 70.8 Å². The van der Waals surface area contributed by atoms with Crippen molar-refractivity contribution in [2.75, 3.05) is 0 Å². The Labute approximate surface area is 146 Å². The Morgan fingerprint density at radius 2 is 1.92 bits per heavy atom. The number of nitrogens with two attached hydrogens (primary N) is 1. The summed E-state index contributed by atoms with van der Waals surface area (Å²) in [5, 5.41) is 16.4. The summed E-state index contributed by atoms with van der Waals surface area (Å²) in [6.07, 6.45) is -3.45. The monoisotopic (exact) mass is 362 g/mol. The van der Waals surface area contributed by atoms with Gasteiger partial charge in [0.1, 0.15) is 0 Å². The second kappa shape index (κ2) is 8.35. The van der Waals surface area contributed by atoms with Crippen molar-refractivity contribution in [2.45, 2.75) is 11.9 Å². The van der Waals surface area contributed by atoms with Crippen LogP contribution in [0.25, 0.3) is 0 Å². The summed E-state index contributed by atoms with van der Waals surface area (Å²) in [7, 11) is 0. The van der Waals surface area contributed by atoms with Crippen molar-refractivity contribution in [1.82, 2.24) is 0 Å². The first-order valence-electron chi connectivity index (χ1n) is 7.04. The van der Waals surface area contributed by atoms with Gasteiger partial charge in [0.15, 0.2) is 5.17 Å². The molecule has 2 aromatic rings. The molecular weight excluding hydrogens is 349 g/mol. The fourth-order valence-electron chi connectivity index (χ4n) is 1.89. The molecule has 2 rings (SSSR count). The first kappa shape index (κ1) is 18.5.